The molecule has 0 spiro atoms. The smallest absolute Gasteiger partial charge is 0.295 e. The zero-order chi connectivity index (χ0) is 24.6. The summed E-state index contributed by atoms with van der Waals surface area (Å²) in [5.41, 5.74) is 3.31. The number of likely N-dealkylation sites (tertiary alicyclic amines) is 1. The summed E-state index contributed by atoms with van der Waals surface area (Å²) in [6, 6.07) is 10.3. The van der Waals surface area contributed by atoms with E-state index in [1.54, 1.807) is 35.6 Å². The van der Waals surface area contributed by atoms with Crippen LogP contribution in [0.4, 0.5) is 0 Å². The highest BCUT2D eigenvalue weighted by molar-refractivity contribution is 6.46. The van der Waals surface area contributed by atoms with Gasteiger partial charge in [-0.2, -0.15) is 0 Å². The van der Waals surface area contributed by atoms with Crippen molar-refractivity contribution in [3.8, 4) is 5.75 Å². The first-order valence-corrected chi connectivity index (χ1v) is 11.3. The van der Waals surface area contributed by atoms with E-state index >= 15 is 0 Å². The van der Waals surface area contributed by atoms with Crippen LogP contribution in [-0.2, 0) is 9.59 Å². The van der Waals surface area contributed by atoms with Crippen molar-refractivity contribution in [2.75, 3.05) is 34.3 Å². The number of para-hydroxylation sites is 1. The largest absolute Gasteiger partial charge is 0.505 e. The van der Waals surface area contributed by atoms with Crippen LogP contribution in [0.2, 0.25) is 0 Å². The molecule has 8 nitrogen and oxygen atoms in total. The molecule has 0 radical (unpaired) electrons. The highest BCUT2D eigenvalue weighted by Crippen LogP contribution is 2.43. The summed E-state index contributed by atoms with van der Waals surface area (Å²) in [4.78, 5) is 34.7. The molecular formula is C26H30N4O4. The van der Waals surface area contributed by atoms with E-state index in [1.807, 2.05) is 56.3 Å². The number of amides is 1. The number of fused-ring (bicyclic) bond motifs is 1. The minimum Gasteiger partial charge on any atom is -0.505 e. The Hall–Kier alpha value is -3.65. The Labute approximate surface area is 199 Å². The molecule has 34 heavy (non-hydrogen) atoms. The number of ether oxygens (including phenoxy) is 1. The lowest BCUT2D eigenvalue weighted by Crippen LogP contribution is -2.32. The molecule has 2 aromatic heterocycles. The zero-order valence-corrected chi connectivity index (χ0v) is 20.2. The van der Waals surface area contributed by atoms with E-state index in [1.165, 1.54) is 0 Å². The van der Waals surface area contributed by atoms with Crippen LogP contribution in [0.25, 0.3) is 11.4 Å². The SMILES string of the molecule is COc1ccccc1C1C(=C(O)c2c(C)nc3c(C)cccn23)C(=O)C(=O)N1CCCN(C)C. The maximum atomic E-state index is 13.4. The third-order valence-electron chi connectivity index (χ3n) is 6.22. The molecule has 1 fully saturated rings. The van der Waals surface area contributed by atoms with Gasteiger partial charge in [-0.1, -0.05) is 24.3 Å². The third kappa shape index (κ3) is 3.94. The van der Waals surface area contributed by atoms with Crippen LogP contribution in [0.1, 0.15) is 35.0 Å². The number of benzene rings is 1. The third-order valence-corrected chi connectivity index (χ3v) is 6.22. The van der Waals surface area contributed by atoms with Gasteiger partial charge in [0.15, 0.2) is 5.76 Å². The van der Waals surface area contributed by atoms with Gasteiger partial charge in [-0.25, -0.2) is 4.98 Å². The maximum Gasteiger partial charge on any atom is 0.295 e. The molecule has 1 aliphatic rings. The van der Waals surface area contributed by atoms with Crippen molar-refractivity contribution in [2.45, 2.75) is 26.3 Å². The summed E-state index contributed by atoms with van der Waals surface area (Å²) in [7, 11) is 5.47. The number of carbonyl (C=O) groups is 2. The van der Waals surface area contributed by atoms with Gasteiger partial charge in [-0.15, -0.1) is 0 Å². The predicted octanol–water partition coefficient (Wildman–Crippen LogP) is 3.33. The molecule has 1 atom stereocenters. The number of Topliss-reactive ketones (excluding diaryl/α,β-unsaturated/α-hetero) is 1. The first-order valence-electron chi connectivity index (χ1n) is 11.3. The fraction of sp³-hybridized carbons (Fsp3) is 0.346. The lowest BCUT2D eigenvalue weighted by Gasteiger charge is -2.27. The molecule has 1 unspecified atom stereocenters. The van der Waals surface area contributed by atoms with Crippen molar-refractivity contribution >= 4 is 23.1 Å². The number of aromatic nitrogens is 2. The minimum absolute atomic E-state index is 0.0470. The van der Waals surface area contributed by atoms with Crippen molar-refractivity contribution in [3.63, 3.8) is 0 Å². The Morgan fingerprint density at radius 1 is 1.15 bits per heavy atom. The van der Waals surface area contributed by atoms with Crippen LogP contribution in [0.15, 0.2) is 48.2 Å². The number of imidazole rings is 1. The van der Waals surface area contributed by atoms with Crippen molar-refractivity contribution in [1.29, 1.82) is 0 Å². The molecule has 1 aliphatic heterocycles. The van der Waals surface area contributed by atoms with E-state index in [0.29, 0.717) is 41.3 Å². The van der Waals surface area contributed by atoms with Gasteiger partial charge in [0.2, 0.25) is 0 Å². The number of pyridine rings is 1. The van der Waals surface area contributed by atoms with Gasteiger partial charge in [0.1, 0.15) is 17.1 Å². The standard InChI is InChI=1S/C26H30N4O4/c1-16-10-8-14-29-21(17(2)27-25(16)29)23(31)20-22(18-11-6-7-12-19(18)34-5)30(26(33)24(20)32)15-9-13-28(3)4/h6-8,10-12,14,22,31H,9,13,15H2,1-5H3. The summed E-state index contributed by atoms with van der Waals surface area (Å²) in [6.45, 7) is 4.84. The van der Waals surface area contributed by atoms with Gasteiger partial charge in [-0.3, -0.25) is 14.0 Å². The van der Waals surface area contributed by atoms with E-state index in [4.69, 9.17) is 4.74 Å². The summed E-state index contributed by atoms with van der Waals surface area (Å²) >= 11 is 0. The summed E-state index contributed by atoms with van der Waals surface area (Å²) in [5, 5.41) is 11.6. The van der Waals surface area contributed by atoms with E-state index in [9.17, 15) is 14.7 Å². The average Bonchev–Trinajstić information content (AvgIpc) is 3.28. The number of carbonyl (C=O) groups excluding carboxylic acids is 2. The molecule has 4 rings (SSSR count). The van der Waals surface area contributed by atoms with Crippen LogP contribution in [0.5, 0.6) is 5.75 Å². The maximum absolute atomic E-state index is 13.4. The number of aliphatic hydroxyl groups excluding tert-OH is 1. The zero-order valence-electron chi connectivity index (χ0n) is 20.2. The van der Waals surface area contributed by atoms with E-state index in [2.05, 4.69) is 4.98 Å². The number of aliphatic hydroxyl groups is 1. The Kier molecular flexibility index (Phi) is 6.43. The van der Waals surface area contributed by atoms with Crippen LogP contribution in [0.3, 0.4) is 0 Å². The number of nitrogens with zero attached hydrogens (tertiary/aromatic N) is 4. The molecule has 1 saturated heterocycles. The second kappa shape index (κ2) is 9.30. The minimum atomic E-state index is -0.770. The van der Waals surface area contributed by atoms with E-state index in [-0.39, 0.29) is 11.3 Å². The fourth-order valence-corrected chi connectivity index (χ4v) is 4.61. The summed E-state index contributed by atoms with van der Waals surface area (Å²) in [6.07, 6.45) is 2.47. The monoisotopic (exact) mass is 462 g/mol. The number of ketones is 1. The van der Waals surface area contributed by atoms with E-state index < -0.39 is 17.7 Å². The van der Waals surface area contributed by atoms with Gasteiger partial charge in [0, 0.05) is 18.3 Å². The van der Waals surface area contributed by atoms with Gasteiger partial charge in [-0.05, 0) is 58.6 Å². The Morgan fingerprint density at radius 3 is 2.59 bits per heavy atom. The first-order chi connectivity index (χ1) is 16.3. The summed E-state index contributed by atoms with van der Waals surface area (Å²) < 4.78 is 7.33. The Morgan fingerprint density at radius 2 is 1.88 bits per heavy atom. The molecule has 0 aliphatic carbocycles. The second-order valence-corrected chi connectivity index (χ2v) is 8.82. The highest BCUT2D eigenvalue weighted by Gasteiger charge is 2.47. The number of hydrogen-bond donors (Lipinski definition) is 1. The van der Waals surface area contributed by atoms with Crippen LogP contribution < -0.4 is 4.74 Å². The van der Waals surface area contributed by atoms with Gasteiger partial charge < -0.3 is 19.6 Å². The molecule has 1 aromatic carbocycles. The van der Waals surface area contributed by atoms with Crippen molar-refractivity contribution in [1.82, 2.24) is 19.2 Å². The lowest BCUT2D eigenvalue weighted by molar-refractivity contribution is -0.140. The van der Waals surface area contributed by atoms with Crippen molar-refractivity contribution in [2.24, 2.45) is 0 Å². The molecule has 8 heteroatoms. The Balaban J connectivity index is 1.93. The highest BCUT2D eigenvalue weighted by atomic mass is 16.5. The number of aryl methyl sites for hydroxylation is 2. The number of methoxy groups -OCH3 is 1. The van der Waals surface area contributed by atoms with Crippen molar-refractivity contribution < 1.29 is 19.4 Å². The van der Waals surface area contributed by atoms with Crippen molar-refractivity contribution in [3.05, 3.63) is 70.7 Å². The molecular weight excluding hydrogens is 432 g/mol. The average molecular weight is 463 g/mol. The van der Waals surface area contributed by atoms with Gasteiger partial charge >= 0.3 is 0 Å². The van der Waals surface area contributed by atoms with Crippen LogP contribution in [0, 0.1) is 13.8 Å². The topological polar surface area (TPSA) is 87.4 Å². The quantitative estimate of drug-likeness (QED) is 0.329. The molecule has 1 N–H and O–H groups in total. The molecule has 0 saturated carbocycles. The first kappa shape index (κ1) is 23.5. The number of rotatable bonds is 7. The summed E-state index contributed by atoms with van der Waals surface area (Å²) in [5.74, 6) is -1.03. The van der Waals surface area contributed by atoms with Gasteiger partial charge in [0.05, 0.1) is 24.4 Å². The molecule has 3 heterocycles. The van der Waals surface area contributed by atoms with E-state index in [0.717, 1.165) is 12.1 Å². The normalized spacial score (nSPS) is 17.8. The molecule has 0 bridgehead atoms. The van der Waals surface area contributed by atoms with Crippen LogP contribution in [-0.4, -0.2) is 70.3 Å². The lowest BCUT2D eigenvalue weighted by atomic mass is 9.95. The molecule has 3 aromatic rings. The van der Waals surface area contributed by atoms with Gasteiger partial charge in [0.25, 0.3) is 11.7 Å². The second-order valence-electron chi connectivity index (χ2n) is 8.82. The fourth-order valence-electron chi connectivity index (χ4n) is 4.61. The number of hydrogen-bond acceptors (Lipinski definition) is 6. The molecule has 178 valence electrons. The predicted molar refractivity (Wildman–Crippen MR) is 130 cm³/mol. The molecule has 1 amide bonds. The van der Waals surface area contributed by atoms with Crippen LogP contribution >= 0.6 is 0 Å². The Bertz CT molecular complexity index is 1290.